The highest BCUT2D eigenvalue weighted by Gasteiger charge is 2.40. The van der Waals surface area contributed by atoms with Crippen molar-refractivity contribution in [3.05, 3.63) is 18.6 Å². The van der Waals surface area contributed by atoms with Crippen LogP contribution < -0.4 is 10.6 Å². The minimum Gasteiger partial charge on any atom is -0.467 e. The monoisotopic (exact) mass is 236 g/mol. The van der Waals surface area contributed by atoms with Gasteiger partial charge in [-0.05, 0) is 25.9 Å². The van der Waals surface area contributed by atoms with Gasteiger partial charge < -0.3 is 15.4 Å². The maximum Gasteiger partial charge on any atom is 0.331 e. The number of anilines is 1. The summed E-state index contributed by atoms with van der Waals surface area (Å²) in [5, 5.41) is 6.38. The van der Waals surface area contributed by atoms with E-state index >= 15 is 0 Å². The van der Waals surface area contributed by atoms with Crippen LogP contribution in [-0.4, -0.2) is 41.7 Å². The van der Waals surface area contributed by atoms with Gasteiger partial charge in [-0.25, -0.2) is 9.78 Å². The number of carbonyl (C=O) groups is 1. The van der Waals surface area contributed by atoms with Gasteiger partial charge >= 0.3 is 5.97 Å². The zero-order valence-corrected chi connectivity index (χ0v) is 9.77. The largest absolute Gasteiger partial charge is 0.467 e. The van der Waals surface area contributed by atoms with E-state index in [-0.39, 0.29) is 5.97 Å². The van der Waals surface area contributed by atoms with Crippen molar-refractivity contribution < 1.29 is 9.53 Å². The Labute approximate surface area is 99.8 Å². The number of esters is 1. The number of ether oxygens (including phenoxy) is 1. The van der Waals surface area contributed by atoms with E-state index in [1.807, 2.05) is 0 Å². The van der Waals surface area contributed by atoms with Gasteiger partial charge in [-0.1, -0.05) is 0 Å². The third-order valence-corrected chi connectivity index (χ3v) is 2.96. The first-order valence-electron chi connectivity index (χ1n) is 5.60. The smallest absolute Gasteiger partial charge is 0.331 e. The van der Waals surface area contributed by atoms with Crippen LogP contribution in [-0.2, 0) is 9.53 Å². The Balaban J connectivity index is 2.19. The van der Waals surface area contributed by atoms with Crippen LogP contribution in [0.4, 0.5) is 5.82 Å². The van der Waals surface area contributed by atoms with Crippen LogP contribution in [0, 0.1) is 0 Å². The molecule has 6 heteroatoms. The van der Waals surface area contributed by atoms with Crippen molar-refractivity contribution in [1.29, 1.82) is 0 Å². The SMILES string of the molecule is COC(=O)C1(Nc2cnccn2)CCNCC1. The summed E-state index contributed by atoms with van der Waals surface area (Å²) in [6, 6.07) is 0. The highest BCUT2D eigenvalue weighted by atomic mass is 16.5. The summed E-state index contributed by atoms with van der Waals surface area (Å²) in [6.45, 7) is 1.56. The minimum absolute atomic E-state index is 0.246. The molecule has 1 aromatic rings. The molecule has 0 spiro atoms. The molecule has 0 aromatic carbocycles. The van der Waals surface area contributed by atoms with Gasteiger partial charge in [0.05, 0.1) is 13.3 Å². The predicted octanol–water partition coefficient (Wildman–Crippen LogP) is 0.184. The Morgan fingerprint density at radius 2 is 2.24 bits per heavy atom. The van der Waals surface area contributed by atoms with Gasteiger partial charge in [0.1, 0.15) is 11.4 Å². The second kappa shape index (κ2) is 5.09. The zero-order valence-electron chi connectivity index (χ0n) is 9.77. The second-order valence-corrected chi connectivity index (χ2v) is 4.04. The van der Waals surface area contributed by atoms with E-state index in [9.17, 15) is 4.79 Å². The number of nitrogens with one attached hydrogen (secondary N) is 2. The van der Waals surface area contributed by atoms with Crippen LogP contribution in [0.25, 0.3) is 0 Å². The molecule has 1 aliphatic rings. The fourth-order valence-electron chi connectivity index (χ4n) is 2.04. The zero-order chi connectivity index (χ0) is 12.1. The molecule has 0 aliphatic carbocycles. The van der Waals surface area contributed by atoms with Crippen molar-refractivity contribution in [3.8, 4) is 0 Å². The van der Waals surface area contributed by atoms with Crippen molar-refractivity contribution in [3.63, 3.8) is 0 Å². The minimum atomic E-state index is -0.684. The Hall–Kier alpha value is -1.69. The molecule has 0 bridgehead atoms. The molecule has 0 saturated carbocycles. The summed E-state index contributed by atoms with van der Waals surface area (Å²) in [6.07, 6.45) is 6.14. The summed E-state index contributed by atoms with van der Waals surface area (Å²) >= 11 is 0. The molecule has 1 fully saturated rings. The molecular weight excluding hydrogens is 220 g/mol. The summed E-state index contributed by atoms with van der Waals surface area (Å²) in [5.74, 6) is 0.351. The molecule has 1 saturated heterocycles. The summed E-state index contributed by atoms with van der Waals surface area (Å²) in [7, 11) is 1.41. The Morgan fingerprint density at radius 1 is 1.47 bits per heavy atom. The number of rotatable bonds is 3. The molecule has 0 atom stereocenters. The molecule has 2 rings (SSSR count). The van der Waals surface area contributed by atoms with E-state index in [0.717, 1.165) is 13.1 Å². The van der Waals surface area contributed by atoms with Crippen LogP contribution >= 0.6 is 0 Å². The van der Waals surface area contributed by atoms with Crippen molar-refractivity contribution in [2.45, 2.75) is 18.4 Å². The van der Waals surface area contributed by atoms with Crippen LogP contribution in [0.3, 0.4) is 0 Å². The first-order valence-corrected chi connectivity index (χ1v) is 5.60. The number of hydrogen-bond donors (Lipinski definition) is 2. The van der Waals surface area contributed by atoms with E-state index in [1.54, 1.807) is 18.6 Å². The molecule has 0 unspecified atom stereocenters. The van der Waals surface area contributed by atoms with Gasteiger partial charge in [-0.3, -0.25) is 4.98 Å². The molecule has 1 aromatic heterocycles. The number of aromatic nitrogens is 2. The number of hydrogen-bond acceptors (Lipinski definition) is 6. The Kier molecular flexibility index (Phi) is 3.53. The van der Waals surface area contributed by atoms with E-state index in [4.69, 9.17) is 4.74 Å². The summed E-state index contributed by atoms with van der Waals surface area (Å²) < 4.78 is 4.89. The lowest BCUT2D eigenvalue weighted by Crippen LogP contribution is -2.54. The number of piperidine rings is 1. The van der Waals surface area contributed by atoms with Crippen molar-refractivity contribution in [2.75, 3.05) is 25.5 Å². The average Bonchev–Trinajstić information content (AvgIpc) is 2.40. The van der Waals surface area contributed by atoms with Gasteiger partial charge in [0.25, 0.3) is 0 Å². The van der Waals surface area contributed by atoms with Crippen molar-refractivity contribution in [2.24, 2.45) is 0 Å². The number of nitrogens with zero attached hydrogens (tertiary/aromatic N) is 2. The van der Waals surface area contributed by atoms with Crippen LogP contribution in [0.1, 0.15) is 12.8 Å². The number of methoxy groups -OCH3 is 1. The van der Waals surface area contributed by atoms with Crippen molar-refractivity contribution >= 4 is 11.8 Å². The first-order chi connectivity index (χ1) is 8.27. The molecule has 2 N–H and O–H groups in total. The maximum absolute atomic E-state index is 11.9. The third kappa shape index (κ3) is 2.52. The van der Waals surface area contributed by atoms with E-state index < -0.39 is 5.54 Å². The highest BCUT2D eigenvalue weighted by molar-refractivity contribution is 5.84. The topological polar surface area (TPSA) is 76.1 Å². The van der Waals surface area contributed by atoms with Gasteiger partial charge in [0.2, 0.25) is 0 Å². The molecule has 6 nitrogen and oxygen atoms in total. The highest BCUT2D eigenvalue weighted by Crippen LogP contribution is 2.24. The normalized spacial score (nSPS) is 18.4. The van der Waals surface area contributed by atoms with Gasteiger partial charge in [-0.2, -0.15) is 0 Å². The summed E-state index contributed by atoms with van der Waals surface area (Å²) in [4.78, 5) is 20.0. The molecular formula is C11H16N4O2. The Morgan fingerprint density at radius 3 is 2.82 bits per heavy atom. The maximum atomic E-state index is 11.9. The lowest BCUT2D eigenvalue weighted by Gasteiger charge is -2.35. The molecule has 92 valence electrons. The van der Waals surface area contributed by atoms with Crippen LogP contribution in [0.5, 0.6) is 0 Å². The first kappa shape index (κ1) is 11.8. The Bertz CT molecular complexity index is 376. The number of carbonyl (C=O) groups excluding carboxylic acids is 1. The standard InChI is InChI=1S/C11H16N4O2/c1-17-10(16)11(2-4-12-5-3-11)15-9-8-13-6-7-14-9/h6-8,12H,2-5H2,1H3,(H,14,15). The van der Waals surface area contributed by atoms with Gasteiger partial charge in [0, 0.05) is 12.4 Å². The van der Waals surface area contributed by atoms with E-state index in [2.05, 4.69) is 20.6 Å². The summed E-state index contributed by atoms with van der Waals surface area (Å²) in [5.41, 5.74) is -0.684. The second-order valence-electron chi connectivity index (χ2n) is 4.04. The molecule has 1 aliphatic heterocycles. The average molecular weight is 236 g/mol. The van der Waals surface area contributed by atoms with Gasteiger partial charge in [0.15, 0.2) is 0 Å². The van der Waals surface area contributed by atoms with E-state index in [1.165, 1.54) is 7.11 Å². The predicted molar refractivity (Wildman–Crippen MR) is 62.5 cm³/mol. The molecule has 0 amide bonds. The van der Waals surface area contributed by atoms with Crippen LogP contribution in [0.15, 0.2) is 18.6 Å². The lowest BCUT2D eigenvalue weighted by molar-refractivity contribution is -0.147. The fourth-order valence-corrected chi connectivity index (χ4v) is 2.04. The molecule has 0 radical (unpaired) electrons. The fraction of sp³-hybridized carbons (Fsp3) is 0.545. The third-order valence-electron chi connectivity index (χ3n) is 2.96. The van der Waals surface area contributed by atoms with E-state index in [0.29, 0.717) is 18.7 Å². The van der Waals surface area contributed by atoms with Crippen LogP contribution in [0.2, 0.25) is 0 Å². The molecule has 17 heavy (non-hydrogen) atoms. The van der Waals surface area contributed by atoms with Gasteiger partial charge in [-0.15, -0.1) is 0 Å². The lowest BCUT2D eigenvalue weighted by atomic mass is 9.88. The molecule has 2 heterocycles. The van der Waals surface area contributed by atoms with Crippen molar-refractivity contribution in [1.82, 2.24) is 15.3 Å². The quantitative estimate of drug-likeness (QED) is 0.729.